The smallest absolute Gasteiger partial charge is 0.231 e. The molecule has 7 nitrogen and oxygen atoms in total. The first kappa shape index (κ1) is 19.4. The van der Waals surface area contributed by atoms with E-state index in [2.05, 4.69) is 5.16 Å². The highest BCUT2D eigenvalue weighted by Crippen LogP contribution is 2.34. The van der Waals surface area contributed by atoms with E-state index < -0.39 is 10.0 Å². The van der Waals surface area contributed by atoms with Gasteiger partial charge >= 0.3 is 0 Å². The number of carbonyl (C=O) groups excluding carboxylic acids is 1. The average Bonchev–Trinajstić information content (AvgIpc) is 3.23. The van der Waals surface area contributed by atoms with Crippen LogP contribution in [0.2, 0.25) is 0 Å². The summed E-state index contributed by atoms with van der Waals surface area (Å²) in [5, 5.41) is 4.85. The fourth-order valence-electron chi connectivity index (χ4n) is 3.39. The van der Waals surface area contributed by atoms with Gasteiger partial charge in [0, 0.05) is 31.0 Å². The molecule has 2 aliphatic rings. The number of hydrogen-bond acceptors (Lipinski definition) is 6. The van der Waals surface area contributed by atoms with E-state index in [0.717, 1.165) is 40.6 Å². The Bertz CT molecular complexity index is 796. The Morgan fingerprint density at radius 1 is 1.38 bits per heavy atom. The maximum Gasteiger partial charge on any atom is 0.231 e. The number of hydrogen-bond donors (Lipinski definition) is 0. The fourth-order valence-corrected chi connectivity index (χ4v) is 5.59. The minimum absolute atomic E-state index is 0.0176. The first-order chi connectivity index (χ1) is 12.3. The second kappa shape index (κ2) is 7.74. The summed E-state index contributed by atoms with van der Waals surface area (Å²) < 4.78 is 31.0. The molecule has 26 heavy (non-hydrogen) atoms. The summed E-state index contributed by atoms with van der Waals surface area (Å²) in [6, 6.07) is 0. The molecule has 2 aliphatic heterocycles. The predicted molar refractivity (Wildman–Crippen MR) is 102 cm³/mol. The van der Waals surface area contributed by atoms with E-state index in [0.29, 0.717) is 13.1 Å². The molecule has 0 aliphatic carbocycles. The highest BCUT2D eigenvalue weighted by atomic mass is 32.2. The van der Waals surface area contributed by atoms with Crippen LogP contribution in [0.25, 0.3) is 6.08 Å². The molecule has 144 valence electrons. The van der Waals surface area contributed by atoms with Gasteiger partial charge in [-0.1, -0.05) is 5.16 Å². The van der Waals surface area contributed by atoms with Gasteiger partial charge in [-0.15, -0.1) is 11.8 Å². The molecule has 1 amide bonds. The number of rotatable bonds is 4. The first-order valence-electron chi connectivity index (χ1n) is 8.90. The van der Waals surface area contributed by atoms with E-state index in [1.165, 1.54) is 4.31 Å². The third-order valence-electron chi connectivity index (χ3n) is 4.94. The topological polar surface area (TPSA) is 83.7 Å². The largest absolute Gasteiger partial charge is 0.361 e. The molecule has 1 aromatic rings. The summed E-state index contributed by atoms with van der Waals surface area (Å²) in [6.45, 7) is 6.82. The van der Waals surface area contributed by atoms with Gasteiger partial charge in [-0.2, -0.15) is 0 Å². The fraction of sp³-hybridized carbons (Fsp3) is 0.647. The summed E-state index contributed by atoms with van der Waals surface area (Å²) in [4.78, 5) is 14.9. The molecular formula is C17H25N3O4S2. The van der Waals surface area contributed by atoms with Crippen molar-refractivity contribution in [1.29, 1.82) is 0 Å². The van der Waals surface area contributed by atoms with E-state index in [-0.39, 0.29) is 24.1 Å². The SMILES string of the molecule is CCS(=O)(=O)N1CCC[C@@H](C(=O)N2CCS/C2=C/c2c(C)noc2C)C1. The Morgan fingerprint density at radius 3 is 2.81 bits per heavy atom. The van der Waals surface area contributed by atoms with Crippen molar-refractivity contribution in [2.75, 3.05) is 31.1 Å². The van der Waals surface area contributed by atoms with Crippen LogP contribution in [0.3, 0.4) is 0 Å². The molecule has 2 saturated heterocycles. The molecule has 0 aromatic carbocycles. The minimum Gasteiger partial charge on any atom is -0.361 e. The third kappa shape index (κ3) is 3.84. The highest BCUT2D eigenvalue weighted by molar-refractivity contribution is 8.03. The lowest BCUT2D eigenvalue weighted by molar-refractivity contribution is -0.133. The molecule has 0 N–H and O–H groups in total. The van der Waals surface area contributed by atoms with Crippen LogP contribution in [0, 0.1) is 19.8 Å². The molecule has 2 fully saturated rings. The predicted octanol–water partition coefficient (Wildman–Crippen LogP) is 2.23. The molecule has 0 radical (unpaired) electrons. The molecule has 1 atom stereocenters. The van der Waals surface area contributed by atoms with Crippen LogP contribution in [0.1, 0.15) is 36.8 Å². The molecule has 0 spiro atoms. The molecular weight excluding hydrogens is 374 g/mol. The van der Waals surface area contributed by atoms with E-state index in [1.807, 2.05) is 19.9 Å². The average molecular weight is 400 g/mol. The number of sulfonamides is 1. The van der Waals surface area contributed by atoms with Crippen LogP contribution in [0.5, 0.6) is 0 Å². The zero-order valence-electron chi connectivity index (χ0n) is 15.4. The zero-order valence-corrected chi connectivity index (χ0v) is 17.0. The number of nitrogens with zero attached hydrogens (tertiary/aromatic N) is 3. The van der Waals surface area contributed by atoms with Crippen molar-refractivity contribution in [2.24, 2.45) is 5.92 Å². The molecule has 0 unspecified atom stereocenters. The molecule has 3 rings (SSSR count). The zero-order chi connectivity index (χ0) is 18.9. The molecule has 9 heteroatoms. The number of aryl methyl sites for hydroxylation is 2. The van der Waals surface area contributed by atoms with Crippen molar-refractivity contribution in [1.82, 2.24) is 14.4 Å². The van der Waals surface area contributed by atoms with Gasteiger partial charge in [0.1, 0.15) is 5.76 Å². The van der Waals surface area contributed by atoms with Crippen molar-refractivity contribution in [3.8, 4) is 0 Å². The van der Waals surface area contributed by atoms with Gasteiger partial charge in [0.25, 0.3) is 0 Å². The Kier molecular flexibility index (Phi) is 5.78. The van der Waals surface area contributed by atoms with Crippen molar-refractivity contribution < 1.29 is 17.7 Å². The summed E-state index contributed by atoms with van der Waals surface area (Å²) in [5.41, 5.74) is 1.71. The quantitative estimate of drug-likeness (QED) is 0.772. The van der Waals surface area contributed by atoms with Crippen molar-refractivity contribution in [3.05, 3.63) is 22.0 Å². The summed E-state index contributed by atoms with van der Waals surface area (Å²) in [6.07, 6.45) is 3.41. The van der Waals surface area contributed by atoms with Crippen molar-refractivity contribution in [3.63, 3.8) is 0 Å². The van der Waals surface area contributed by atoms with E-state index in [1.54, 1.807) is 23.6 Å². The lowest BCUT2D eigenvalue weighted by Gasteiger charge is -2.33. The maximum atomic E-state index is 13.1. The van der Waals surface area contributed by atoms with Gasteiger partial charge in [0.2, 0.25) is 15.9 Å². The van der Waals surface area contributed by atoms with Gasteiger partial charge in [0.15, 0.2) is 0 Å². The number of carbonyl (C=O) groups is 1. The normalized spacial score (nSPS) is 23.7. The summed E-state index contributed by atoms with van der Waals surface area (Å²) >= 11 is 1.63. The Morgan fingerprint density at radius 2 is 2.15 bits per heavy atom. The number of amides is 1. The Balaban J connectivity index is 1.78. The van der Waals surface area contributed by atoms with Gasteiger partial charge in [-0.05, 0) is 39.7 Å². The minimum atomic E-state index is -3.25. The van der Waals surface area contributed by atoms with Gasteiger partial charge in [-0.3, -0.25) is 4.79 Å². The molecule has 3 heterocycles. The van der Waals surface area contributed by atoms with E-state index >= 15 is 0 Å². The summed E-state index contributed by atoms with van der Waals surface area (Å²) in [7, 11) is -3.25. The van der Waals surface area contributed by atoms with Crippen LogP contribution >= 0.6 is 11.8 Å². The van der Waals surface area contributed by atoms with Crippen LogP contribution in [0.4, 0.5) is 0 Å². The van der Waals surface area contributed by atoms with Gasteiger partial charge in [0.05, 0.1) is 22.4 Å². The van der Waals surface area contributed by atoms with Crippen molar-refractivity contribution in [2.45, 2.75) is 33.6 Å². The van der Waals surface area contributed by atoms with E-state index in [9.17, 15) is 13.2 Å². The molecule has 0 bridgehead atoms. The van der Waals surface area contributed by atoms with Crippen LogP contribution in [-0.4, -0.2) is 59.8 Å². The first-order valence-corrected chi connectivity index (χ1v) is 11.5. The monoisotopic (exact) mass is 399 g/mol. The third-order valence-corrected chi connectivity index (χ3v) is 7.81. The van der Waals surface area contributed by atoms with Crippen LogP contribution < -0.4 is 0 Å². The second-order valence-corrected chi connectivity index (χ2v) is 10.0. The van der Waals surface area contributed by atoms with Gasteiger partial charge in [-0.25, -0.2) is 12.7 Å². The standard InChI is InChI=1S/C17H25N3O4S2/c1-4-26(22,23)19-7-5-6-14(11-19)17(21)20-8-9-25-16(20)10-15-12(2)18-24-13(15)3/h10,14H,4-9,11H2,1-3H3/b16-10+/t14-/m1/s1. The number of thioether (sulfide) groups is 1. The Hall–Kier alpha value is -1.32. The molecule has 1 aromatic heterocycles. The Labute approximate surface area is 158 Å². The maximum absolute atomic E-state index is 13.1. The summed E-state index contributed by atoms with van der Waals surface area (Å²) in [5.74, 6) is 1.38. The lowest BCUT2D eigenvalue weighted by atomic mass is 9.98. The highest BCUT2D eigenvalue weighted by Gasteiger charge is 2.36. The number of piperidine rings is 1. The van der Waals surface area contributed by atoms with E-state index in [4.69, 9.17) is 4.52 Å². The molecule has 0 saturated carbocycles. The van der Waals surface area contributed by atoms with Crippen LogP contribution in [-0.2, 0) is 14.8 Å². The van der Waals surface area contributed by atoms with Crippen LogP contribution in [0.15, 0.2) is 9.55 Å². The van der Waals surface area contributed by atoms with Gasteiger partial charge < -0.3 is 9.42 Å². The van der Waals surface area contributed by atoms with Crippen molar-refractivity contribution >= 4 is 33.8 Å². The number of aromatic nitrogens is 1. The lowest BCUT2D eigenvalue weighted by Crippen LogP contribution is -2.46. The second-order valence-electron chi connectivity index (χ2n) is 6.66.